The van der Waals surface area contributed by atoms with Crippen molar-refractivity contribution in [3.63, 3.8) is 0 Å². The number of nitrogens with one attached hydrogen (secondary N) is 1. The van der Waals surface area contributed by atoms with Crippen LogP contribution in [0, 0.1) is 5.92 Å². The lowest BCUT2D eigenvalue weighted by Crippen LogP contribution is -2.34. The molecule has 1 amide bonds. The van der Waals surface area contributed by atoms with E-state index in [1.54, 1.807) is 12.3 Å². The van der Waals surface area contributed by atoms with Gasteiger partial charge >= 0.3 is 0 Å². The Hall–Kier alpha value is -1.99. The molecule has 0 spiro atoms. The van der Waals surface area contributed by atoms with Crippen molar-refractivity contribution in [2.24, 2.45) is 5.92 Å². The Labute approximate surface area is 149 Å². The average Bonchev–Trinajstić information content (AvgIpc) is 2.53. The van der Waals surface area contributed by atoms with Crippen LogP contribution in [0.5, 0.6) is 0 Å². The van der Waals surface area contributed by atoms with Crippen molar-refractivity contribution < 1.29 is 13.2 Å². The lowest BCUT2D eigenvalue weighted by molar-refractivity contribution is -0.116. The number of para-hydroxylation sites is 1. The Morgan fingerprint density at radius 3 is 2.60 bits per heavy atom. The van der Waals surface area contributed by atoms with Gasteiger partial charge < -0.3 is 5.32 Å². The van der Waals surface area contributed by atoms with E-state index in [4.69, 9.17) is 0 Å². The van der Waals surface area contributed by atoms with Gasteiger partial charge in [-0.15, -0.1) is 0 Å². The molecule has 2 rings (SSSR count). The first-order valence-electron chi connectivity index (χ1n) is 8.36. The number of nitrogens with zero attached hydrogens (tertiary/aromatic N) is 2. The molecule has 1 heterocycles. The number of anilines is 1. The fourth-order valence-electron chi connectivity index (χ4n) is 2.49. The molecule has 25 heavy (non-hydrogen) atoms. The Morgan fingerprint density at radius 2 is 1.92 bits per heavy atom. The number of sulfonamides is 1. The van der Waals surface area contributed by atoms with Crippen LogP contribution in [0.3, 0.4) is 0 Å². The summed E-state index contributed by atoms with van der Waals surface area (Å²) in [6, 6.07) is 9.34. The minimum atomic E-state index is -3.32. The molecule has 6 nitrogen and oxygen atoms in total. The fourth-order valence-corrected chi connectivity index (χ4v) is 3.35. The zero-order valence-electron chi connectivity index (χ0n) is 14.9. The van der Waals surface area contributed by atoms with Gasteiger partial charge in [0.15, 0.2) is 0 Å². The molecule has 1 aromatic carbocycles. The molecule has 0 aliphatic carbocycles. The van der Waals surface area contributed by atoms with Crippen molar-refractivity contribution in [2.45, 2.75) is 26.7 Å². The van der Waals surface area contributed by atoms with Gasteiger partial charge in [0.1, 0.15) is 0 Å². The summed E-state index contributed by atoms with van der Waals surface area (Å²) in [6.07, 6.45) is 3.73. The molecule has 0 saturated heterocycles. The molecule has 0 aliphatic heterocycles. The maximum atomic E-state index is 12.3. The second-order valence-electron chi connectivity index (χ2n) is 6.52. The van der Waals surface area contributed by atoms with Crippen molar-refractivity contribution in [1.82, 2.24) is 9.29 Å². The van der Waals surface area contributed by atoms with Gasteiger partial charge in [0.25, 0.3) is 0 Å². The third kappa shape index (κ3) is 5.79. The van der Waals surface area contributed by atoms with E-state index in [-0.39, 0.29) is 18.9 Å². The fraction of sp³-hybridized carbons (Fsp3) is 0.444. The van der Waals surface area contributed by atoms with E-state index >= 15 is 0 Å². The summed E-state index contributed by atoms with van der Waals surface area (Å²) in [7, 11) is -3.32. The third-order valence-electron chi connectivity index (χ3n) is 3.92. The summed E-state index contributed by atoms with van der Waals surface area (Å²) in [5, 5.41) is 3.77. The van der Waals surface area contributed by atoms with Crippen LogP contribution in [-0.2, 0) is 14.8 Å². The van der Waals surface area contributed by atoms with E-state index in [0.29, 0.717) is 18.2 Å². The normalized spacial score (nSPS) is 12.0. The number of aromatic nitrogens is 1. The molecule has 0 unspecified atom stereocenters. The Kier molecular flexibility index (Phi) is 6.50. The first-order chi connectivity index (χ1) is 11.8. The number of amides is 1. The third-order valence-corrected chi connectivity index (χ3v) is 5.22. The summed E-state index contributed by atoms with van der Waals surface area (Å²) in [5.74, 6) is 0.177. The maximum absolute atomic E-state index is 12.3. The van der Waals surface area contributed by atoms with Gasteiger partial charge in [-0.1, -0.05) is 32.0 Å². The van der Waals surface area contributed by atoms with Gasteiger partial charge in [0.2, 0.25) is 15.9 Å². The van der Waals surface area contributed by atoms with Crippen LogP contribution < -0.4 is 5.32 Å². The second kappa shape index (κ2) is 8.40. The lowest BCUT2D eigenvalue weighted by Gasteiger charge is -2.20. The van der Waals surface area contributed by atoms with Crippen molar-refractivity contribution in [3.05, 3.63) is 36.5 Å². The Balaban J connectivity index is 2.01. The first kappa shape index (κ1) is 19.3. The number of carbonyl (C=O) groups is 1. The monoisotopic (exact) mass is 363 g/mol. The molecular weight excluding hydrogens is 338 g/mol. The molecule has 0 aliphatic rings. The Bertz CT molecular complexity index is 829. The number of hydrogen-bond acceptors (Lipinski definition) is 4. The summed E-state index contributed by atoms with van der Waals surface area (Å²) < 4.78 is 25.1. The molecule has 1 N–H and O–H groups in total. The van der Waals surface area contributed by atoms with E-state index in [1.807, 2.05) is 38.1 Å². The molecule has 0 atom stereocenters. The minimum absolute atomic E-state index is 0.106. The molecule has 136 valence electrons. The highest BCUT2D eigenvalue weighted by atomic mass is 32.2. The molecule has 0 saturated carbocycles. The van der Waals surface area contributed by atoms with E-state index < -0.39 is 10.0 Å². The number of benzene rings is 1. The summed E-state index contributed by atoms with van der Waals surface area (Å²) in [5.41, 5.74) is 1.36. The van der Waals surface area contributed by atoms with Crippen LogP contribution in [0.25, 0.3) is 10.9 Å². The van der Waals surface area contributed by atoms with E-state index in [0.717, 1.165) is 17.3 Å². The maximum Gasteiger partial charge on any atom is 0.225 e. The molecular formula is C18H25N3O3S. The van der Waals surface area contributed by atoms with Crippen molar-refractivity contribution in [2.75, 3.05) is 24.7 Å². The highest BCUT2D eigenvalue weighted by molar-refractivity contribution is 7.88. The summed E-state index contributed by atoms with van der Waals surface area (Å²) in [4.78, 5) is 16.6. The summed E-state index contributed by atoms with van der Waals surface area (Å²) >= 11 is 0. The topological polar surface area (TPSA) is 79.4 Å². The lowest BCUT2D eigenvalue weighted by atomic mass is 10.1. The van der Waals surface area contributed by atoms with Crippen LogP contribution in [0.1, 0.15) is 26.7 Å². The van der Waals surface area contributed by atoms with Crippen LogP contribution >= 0.6 is 0 Å². The standard InChI is InChI=1S/C18H25N3O3S/c1-14(2)9-12-21(25(3,23)24)13-10-17(22)20-16-8-4-6-15-7-5-11-19-18(15)16/h4-8,11,14H,9-10,12-13H2,1-3H3,(H,20,22). The number of fused-ring (bicyclic) bond motifs is 1. The second-order valence-corrected chi connectivity index (χ2v) is 8.51. The zero-order valence-corrected chi connectivity index (χ0v) is 15.7. The van der Waals surface area contributed by atoms with Crippen LogP contribution in [-0.4, -0.2) is 43.0 Å². The summed E-state index contributed by atoms with van der Waals surface area (Å²) in [6.45, 7) is 4.69. The van der Waals surface area contributed by atoms with E-state index in [1.165, 1.54) is 10.6 Å². The van der Waals surface area contributed by atoms with Crippen LogP contribution in [0.2, 0.25) is 0 Å². The highest BCUT2D eigenvalue weighted by Gasteiger charge is 2.18. The van der Waals surface area contributed by atoms with Crippen molar-refractivity contribution >= 4 is 32.5 Å². The largest absolute Gasteiger partial charge is 0.324 e. The molecule has 7 heteroatoms. The van der Waals surface area contributed by atoms with Gasteiger partial charge in [0, 0.05) is 31.1 Å². The quantitative estimate of drug-likeness (QED) is 0.782. The number of pyridine rings is 1. The van der Waals surface area contributed by atoms with Gasteiger partial charge in [-0.2, -0.15) is 0 Å². The Morgan fingerprint density at radius 1 is 1.20 bits per heavy atom. The first-order valence-corrected chi connectivity index (χ1v) is 10.2. The predicted octanol–water partition coefficient (Wildman–Crippen LogP) is 2.87. The van der Waals surface area contributed by atoms with Gasteiger partial charge in [0.05, 0.1) is 17.5 Å². The number of carbonyl (C=O) groups excluding carboxylic acids is 1. The zero-order chi connectivity index (χ0) is 18.4. The SMILES string of the molecule is CC(C)CCN(CCC(=O)Nc1cccc2cccnc12)S(C)(=O)=O. The van der Waals surface area contributed by atoms with E-state index in [9.17, 15) is 13.2 Å². The smallest absolute Gasteiger partial charge is 0.225 e. The molecule has 1 aromatic heterocycles. The van der Waals surface area contributed by atoms with Crippen LogP contribution in [0.4, 0.5) is 5.69 Å². The van der Waals surface area contributed by atoms with Crippen LogP contribution in [0.15, 0.2) is 36.5 Å². The van der Waals surface area contributed by atoms with Gasteiger partial charge in [-0.3, -0.25) is 9.78 Å². The molecule has 0 radical (unpaired) electrons. The highest BCUT2D eigenvalue weighted by Crippen LogP contribution is 2.20. The van der Waals surface area contributed by atoms with Crippen molar-refractivity contribution in [1.29, 1.82) is 0 Å². The van der Waals surface area contributed by atoms with Gasteiger partial charge in [-0.05, 0) is 24.5 Å². The molecule has 0 fully saturated rings. The molecule has 2 aromatic rings. The average molecular weight is 363 g/mol. The van der Waals surface area contributed by atoms with Gasteiger partial charge in [-0.25, -0.2) is 12.7 Å². The predicted molar refractivity (Wildman–Crippen MR) is 101 cm³/mol. The van der Waals surface area contributed by atoms with Crippen molar-refractivity contribution in [3.8, 4) is 0 Å². The van der Waals surface area contributed by atoms with E-state index in [2.05, 4.69) is 10.3 Å². The number of hydrogen-bond donors (Lipinski definition) is 1. The minimum Gasteiger partial charge on any atom is -0.324 e. The molecule has 0 bridgehead atoms. The number of rotatable bonds is 8.